The van der Waals surface area contributed by atoms with Crippen molar-refractivity contribution in [1.82, 2.24) is 9.55 Å². The van der Waals surface area contributed by atoms with E-state index in [0.717, 1.165) is 12.1 Å². The molecule has 11 heteroatoms. The number of nitrogens with one attached hydrogen (secondary N) is 1. The van der Waals surface area contributed by atoms with Crippen LogP contribution >= 0.6 is 0 Å². The van der Waals surface area contributed by atoms with E-state index >= 15 is 0 Å². The number of aromatic nitrogens is 2. The molecular weight excluding hydrogens is 588 g/mol. The number of nitrogens with zero attached hydrogens (tertiary/aromatic N) is 3. The summed E-state index contributed by atoms with van der Waals surface area (Å²) in [5.74, 6) is -1.22. The zero-order valence-corrected chi connectivity index (χ0v) is 25.0. The highest BCUT2D eigenvalue weighted by molar-refractivity contribution is 5.97. The van der Waals surface area contributed by atoms with Crippen molar-refractivity contribution in [3.63, 3.8) is 0 Å². The van der Waals surface area contributed by atoms with Gasteiger partial charge in [-0.1, -0.05) is 39.0 Å². The monoisotopic (exact) mass is 620 g/mol. The van der Waals surface area contributed by atoms with Gasteiger partial charge in [0, 0.05) is 41.4 Å². The zero-order valence-electron chi connectivity index (χ0n) is 25.0. The number of rotatable bonds is 9. The second-order valence-electron chi connectivity index (χ2n) is 11.1. The van der Waals surface area contributed by atoms with Crippen LogP contribution in [0.2, 0.25) is 0 Å². The Hall–Kier alpha value is -4.80. The third kappa shape index (κ3) is 6.67. The van der Waals surface area contributed by atoms with Gasteiger partial charge in [0.15, 0.2) is 5.78 Å². The Labute approximate surface area is 257 Å². The second-order valence-corrected chi connectivity index (χ2v) is 11.1. The SMILES string of the molecule is CCC(=O)c1cccc(-c2ncc(NC(=O)[C@H](C)CC)c(=O)n2Cc2cc(N3CCc4cc(F)ccc43)cc(C(F)(F)F)c2)c1. The van der Waals surface area contributed by atoms with Crippen molar-refractivity contribution in [3.05, 3.63) is 105 Å². The lowest BCUT2D eigenvalue weighted by Gasteiger charge is -2.23. The van der Waals surface area contributed by atoms with Gasteiger partial charge in [-0.2, -0.15) is 13.2 Å². The van der Waals surface area contributed by atoms with E-state index in [0.29, 0.717) is 41.8 Å². The normalized spacial score (nSPS) is 13.4. The molecule has 0 aliphatic carbocycles. The Morgan fingerprint density at radius 3 is 2.53 bits per heavy atom. The molecule has 0 radical (unpaired) electrons. The van der Waals surface area contributed by atoms with E-state index in [1.54, 1.807) is 49.1 Å². The minimum atomic E-state index is -4.69. The number of hydrogen-bond donors (Lipinski definition) is 1. The van der Waals surface area contributed by atoms with E-state index in [4.69, 9.17) is 0 Å². The first-order valence-corrected chi connectivity index (χ1v) is 14.7. The molecule has 3 aromatic carbocycles. The number of carbonyl (C=O) groups excluding carboxylic acids is 2. The number of fused-ring (bicyclic) bond motifs is 1. The van der Waals surface area contributed by atoms with E-state index in [9.17, 15) is 31.9 Å². The van der Waals surface area contributed by atoms with E-state index in [-0.39, 0.29) is 41.5 Å². The van der Waals surface area contributed by atoms with Gasteiger partial charge in [-0.3, -0.25) is 19.0 Å². The summed E-state index contributed by atoms with van der Waals surface area (Å²) in [4.78, 5) is 45.1. The van der Waals surface area contributed by atoms with Crippen LogP contribution in [0, 0.1) is 11.7 Å². The van der Waals surface area contributed by atoms with Crippen molar-refractivity contribution in [3.8, 4) is 11.4 Å². The molecule has 0 unspecified atom stereocenters. The Morgan fingerprint density at radius 2 is 1.82 bits per heavy atom. The van der Waals surface area contributed by atoms with Crippen molar-refractivity contribution in [2.45, 2.75) is 52.8 Å². The number of amides is 1. The highest BCUT2D eigenvalue weighted by Crippen LogP contribution is 2.39. The molecule has 0 saturated heterocycles. The first kappa shape index (κ1) is 31.6. The van der Waals surface area contributed by atoms with Crippen molar-refractivity contribution >= 4 is 28.8 Å². The average Bonchev–Trinajstić information content (AvgIpc) is 3.44. The maximum Gasteiger partial charge on any atom is 0.416 e. The quantitative estimate of drug-likeness (QED) is 0.156. The van der Waals surface area contributed by atoms with Crippen LogP contribution in [0.25, 0.3) is 11.4 Å². The van der Waals surface area contributed by atoms with Crippen LogP contribution in [0.4, 0.5) is 34.6 Å². The Kier molecular flexibility index (Phi) is 8.90. The summed E-state index contributed by atoms with van der Waals surface area (Å²) in [5.41, 5.74) is 0.805. The molecule has 5 rings (SSSR count). The van der Waals surface area contributed by atoms with E-state index in [1.165, 1.54) is 29.0 Å². The fraction of sp³-hybridized carbons (Fsp3) is 0.294. The molecule has 0 spiro atoms. The number of hydrogen-bond acceptors (Lipinski definition) is 5. The number of anilines is 3. The van der Waals surface area contributed by atoms with Gasteiger partial charge >= 0.3 is 6.18 Å². The molecule has 1 amide bonds. The number of Topliss-reactive ketones (excluding diaryl/α,β-unsaturated/α-hetero) is 1. The van der Waals surface area contributed by atoms with E-state index in [1.807, 2.05) is 6.92 Å². The largest absolute Gasteiger partial charge is 0.416 e. The Bertz CT molecular complexity index is 1830. The van der Waals surface area contributed by atoms with Crippen LogP contribution < -0.4 is 15.8 Å². The fourth-order valence-corrected chi connectivity index (χ4v) is 5.34. The lowest BCUT2D eigenvalue weighted by molar-refractivity contribution is -0.137. The molecule has 1 aromatic heterocycles. The molecule has 1 atom stereocenters. The molecule has 0 fully saturated rings. The standard InChI is InChI=1S/C34H32F4N4O3/c1-4-20(3)32(44)40-28-18-39-31(24-8-6-7-23(15-24)30(43)5-2)42(33(28)45)19-21-13-25(34(36,37)38)17-27(14-21)41-12-11-22-16-26(35)9-10-29(22)41/h6-10,13-18,20H,4-5,11-12,19H2,1-3H3,(H,40,44)/t20-/m1/s1. The Balaban J connectivity index is 1.65. The molecule has 45 heavy (non-hydrogen) atoms. The van der Waals surface area contributed by atoms with Gasteiger partial charge < -0.3 is 10.2 Å². The molecular formula is C34H32F4N4O3. The number of benzene rings is 3. The van der Waals surface area contributed by atoms with Crippen molar-refractivity contribution in [2.24, 2.45) is 5.92 Å². The van der Waals surface area contributed by atoms with Crippen LogP contribution in [-0.2, 0) is 23.9 Å². The van der Waals surface area contributed by atoms with E-state index < -0.39 is 34.9 Å². The smallest absolute Gasteiger partial charge is 0.341 e. The molecule has 7 nitrogen and oxygen atoms in total. The fourth-order valence-electron chi connectivity index (χ4n) is 5.34. The van der Waals surface area contributed by atoms with Gasteiger partial charge in [-0.15, -0.1) is 0 Å². The first-order chi connectivity index (χ1) is 21.4. The minimum Gasteiger partial charge on any atom is -0.341 e. The third-order valence-corrected chi connectivity index (χ3v) is 8.02. The summed E-state index contributed by atoms with van der Waals surface area (Å²) in [6.07, 6.45) is -2.23. The summed E-state index contributed by atoms with van der Waals surface area (Å²) in [7, 11) is 0. The average molecular weight is 621 g/mol. The van der Waals surface area contributed by atoms with Gasteiger partial charge in [0.05, 0.1) is 18.3 Å². The number of alkyl halides is 3. The van der Waals surface area contributed by atoms with Crippen LogP contribution in [0.5, 0.6) is 0 Å². The maximum atomic E-state index is 14.2. The molecule has 1 aliphatic heterocycles. The first-order valence-electron chi connectivity index (χ1n) is 14.7. The number of halogens is 4. The summed E-state index contributed by atoms with van der Waals surface area (Å²) in [5, 5.41) is 2.60. The van der Waals surface area contributed by atoms with Gasteiger partial charge in [-0.05, 0) is 66.4 Å². The molecule has 4 aromatic rings. The topological polar surface area (TPSA) is 84.3 Å². The van der Waals surface area contributed by atoms with Crippen LogP contribution in [0.15, 0.2) is 71.7 Å². The predicted molar refractivity (Wildman–Crippen MR) is 164 cm³/mol. The molecule has 1 N–H and O–H groups in total. The van der Waals surface area contributed by atoms with Gasteiger partial charge in [0.1, 0.15) is 17.3 Å². The Morgan fingerprint density at radius 1 is 1.04 bits per heavy atom. The van der Waals surface area contributed by atoms with Crippen LogP contribution in [0.1, 0.15) is 60.7 Å². The summed E-state index contributed by atoms with van der Waals surface area (Å²) < 4.78 is 57.6. The lowest BCUT2D eigenvalue weighted by atomic mass is 10.0. The van der Waals surface area contributed by atoms with Crippen molar-refractivity contribution < 1.29 is 27.2 Å². The summed E-state index contributed by atoms with van der Waals surface area (Å²) >= 11 is 0. The predicted octanol–water partition coefficient (Wildman–Crippen LogP) is 7.39. The van der Waals surface area contributed by atoms with Crippen LogP contribution in [0.3, 0.4) is 0 Å². The molecule has 0 bridgehead atoms. The van der Waals surface area contributed by atoms with Gasteiger partial charge in [-0.25, -0.2) is 9.37 Å². The van der Waals surface area contributed by atoms with Crippen molar-refractivity contribution in [1.29, 1.82) is 0 Å². The maximum absolute atomic E-state index is 14.2. The lowest BCUT2D eigenvalue weighted by Crippen LogP contribution is -2.30. The highest BCUT2D eigenvalue weighted by Gasteiger charge is 2.33. The molecule has 0 saturated carbocycles. The van der Waals surface area contributed by atoms with Crippen molar-refractivity contribution in [2.75, 3.05) is 16.8 Å². The van der Waals surface area contributed by atoms with E-state index in [2.05, 4.69) is 10.3 Å². The van der Waals surface area contributed by atoms with Gasteiger partial charge in [0.25, 0.3) is 5.56 Å². The number of carbonyl (C=O) groups is 2. The molecule has 234 valence electrons. The molecule has 1 aliphatic rings. The third-order valence-electron chi connectivity index (χ3n) is 8.02. The molecule has 2 heterocycles. The zero-order chi connectivity index (χ0) is 32.5. The summed E-state index contributed by atoms with van der Waals surface area (Å²) in [6.45, 7) is 5.29. The van der Waals surface area contributed by atoms with Crippen LogP contribution in [-0.4, -0.2) is 27.8 Å². The van der Waals surface area contributed by atoms with Gasteiger partial charge in [0.2, 0.25) is 5.91 Å². The highest BCUT2D eigenvalue weighted by atomic mass is 19.4. The minimum absolute atomic E-state index is 0.118. The second kappa shape index (κ2) is 12.7. The number of ketones is 1. The summed E-state index contributed by atoms with van der Waals surface area (Å²) in [6, 6.07) is 14.3.